The number of carboxylic acid groups (broad SMARTS) is 1. The van der Waals surface area contributed by atoms with Crippen LogP contribution in [0.3, 0.4) is 0 Å². The standard InChI is InChI=1S/C13H12BrF4NO2/c14-10-2-1-9(15)5-8(10)6-19-4-3-12(7-19,11(20)21)13(16,17)18/h1-2,5H,3-4,6-7H2,(H,20,21). The van der Waals surface area contributed by atoms with Crippen LogP contribution >= 0.6 is 15.9 Å². The Kier molecular flexibility index (Phi) is 4.30. The molecule has 1 aliphatic heterocycles. The molecule has 21 heavy (non-hydrogen) atoms. The van der Waals surface area contributed by atoms with Crippen LogP contribution in [0.25, 0.3) is 0 Å². The van der Waals surface area contributed by atoms with Crippen LogP contribution in [0.4, 0.5) is 17.6 Å². The normalized spacial score (nSPS) is 23.5. The van der Waals surface area contributed by atoms with Crippen molar-refractivity contribution in [3.05, 3.63) is 34.1 Å². The highest BCUT2D eigenvalue weighted by molar-refractivity contribution is 9.10. The van der Waals surface area contributed by atoms with Crippen molar-refractivity contribution in [1.82, 2.24) is 4.90 Å². The van der Waals surface area contributed by atoms with E-state index in [1.807, 2.05) is 0 Å². The van der Waals surface area contributed by atoms with E-state index in [1.54, 1.807) is 0 Å². The molecule has 1 aliphatic rings. The number of nitrogens with zero attached hydrogens (tertiary/aromatic N) is 1. The molecule has 1 aromatic rings. The first-order chi connectivity index (χ1) is 9.65. The first-order valence-electron chi connectivity index (χ1n) is 6.12. The van der Waals surface area contributed by atoms with Gasteiger partial charge in [0.05, 0.1) is 0 Å². The molecule has 116 valence electrons. The molecule has 0 radical (unpaired) electrons. The number of likely N-dealkylation sites (tertiary alicyclic amines) is 1. The second kappa shape index (κ2) is 5.57. The molecule has 0 amide bonds. The van der Waals surface area contributed by atoms with Crippen LogP contribution in [0, 0.1) is 11.2 Å². The zero-order valence-corrected chi connectivity index (χ0v) is 12.3. The van der Waals surface area contributed by atoms with E-state index in [0.717, 1.165) is 0 Å². The quantitative estimate of drug-likeness (QED) is 0.829. The minimum atomic E-state index is -4.81. The number of halogens is 5. The van der Waals surface area contributed by atoms with Gasteiger partial charge in [0.2, 0.25) is 0 Å². The largest absolute Gasteiger partial charge is 0.481 e. The number of benzene rings is 1. The smallest absolute Gasteiger partial charge is 0.406 e. The molecule has 0 saturated carbocycles. The summed E-state index contributed by atoms with van der Waals surface area (Å²) in [5, 5.41) is 8.97. The molecule has 1 unspecified atom stereocenters. The Morgan fingerprint density at radius 2 is 2.10 bits per heavy atom. The number of alkyl halides is 3. The maximum absolute atomic E-state index is 13.2. The maximum Gasteiger partial charge on any atom is 0.406 e. The van der Waals surface area contributed by atoms with Crippen molar-refractivity contribution in [2.75, 3.05) is 13.1 Å². The molecular formula is C13H12BrF4NO2. The third-order valence-corrected chi connectivity index (χ3v) is 4.48. The van der Waals surface area contributed by atoms with Crippen LogP contribution < -0.4 is 0 Å². The molecule has 0 spiro atoms. The lowest BCUT2D eigenvalue weighted by molar-refractivity contribution is -0.227. The van der Waals surface area contributed by atoms with Gasteiger partial charge < -0.3 is 5.11 Å². The summed E-state index contributed by atoms with van der Waals surface area (Å²) in [5.41, 5.74) is -2.26. The Hall–Kier alpha value is -1.15. The van der Waals surface area contributed by atoms with Gasteiger partial charge in [-0.3, -0.25) is 9.69 Å². The molecule has 0 aromatic heterocycles. The summed E-state index contributed by atoms with van der Waals surface area (Å²) in [5.74, 6) is -2.36. The molecule has 3 nitrogen and oxygen atoms in total. The molecular weight excluding hydrogens is 358 g/mol. The van der Waals surface area contributed by atoms with E-state index < -0.39 is 36.3 Å². The van der Waals surface area contributed by atoms with E-state index in [9.17, 15) is 22.4 Å². The van der Waals surface area contributed by atoms with E-state index in [0.29, 0.717) is 10.0 Å². The molecule has 0 aliphatic carbocycles. The van der Waals surface area contributed by atoms with Crippen LogP contribution in [0.2, 0.25) is 0 Å². The molecule has 2 rings (SSSR count). The monoisotopic (exact) mass is 369 g/mol. The Morgan fingerprint density at radius 3 is 2.62 bits per heavy atom. The zero-order chi connectivity index (χ0) is 15.8. The highest BCUT2D eigenvalue weighted by Gasteiger charge is 2.63. The van der Waals surface area contributed by atoms with E-state index in [1.165, 1.54) is 23.1 Å². The van der Waals surface area contributed by atoms with Gasteiger partial charge in [-0.25, -0.2) is 4.39 Å². The van der Waals surface area contributed by atoms with Crippen molar-refractivity contribution in [3.63, 3.8) is 0 Å². The Bertz CT molecular complexity index is 564. The number of rotatable bonds is 3. The molecule has 1 fully saturated rings. The molecule has 1 heterocycles. The van der Waals surface area contributed by atoms with Crippen LogP contribution in [-0.2, 0) is 11.3 Å². The molecule has 1 saturated heterocycles. The van der Waals surface area contributed by atoms with Crippen molar-refractivity contribution in [2.45, 2.75) is 19.1 Å². The average molecular weight is 370 g/mol. The number of aliphatic carboxylic acids is 1. The fraction of sp³-hybridized carbons (Fsp3) is 0.462. The van der Waals surface area contributed by atoms with Crippen molar-refractivity contribution >= 4 is 21.9 Å². The SMILES string of the molecule is O=C(O)C1(C(F)(F)F)CCN(Cc2cc(F)ccc2Br)C1. The first-order valence-corrected chi connectivity index (χ1v) is 6.91. The summed E-state index contributed by atoms with van der Waals surface area (Å²) >= 11 is 3.20. The van der Waals surface area contributed by atoms with Crippen molar-refractivity contribution in [2.24, 2.45) is 5.41 Å². The van der Waals surface area contributed by atoms with Crippen molar-refractivity contribution < 1.29 is 27.5 Å². The highest BCUT2D eigenvalue weighted by atomic mass is 79.9. The van der Waals surface area contributed by atoms with Gasteiger partial charge >= 0.3 is 12.1 Å². The fourth-order valence-corrected chi connectivity index (χ4v) is 2.83. The number of carboxylic acids is 1. The van der Waals surface area contributed by atoms with E-state index >= 15 is 0 Å². The lowest BCUT2D eigenvalue weighted by atomic mass is 9.86. The minimum absolute atomic E-state index is 0.00520. The zero-order valence-electron chi connectivity index (χ0n) is 10.8. The maximum atomic E-state index is 13.2. The Labute approximate surface area is 126 Å². The molecule has 8 heteroatoms. The van der Waals surface area contributed by atoms with E-state index in [-0.39, 0.29) is 13.1 Å². The Balaban J connectivity index is 2.19. The van der Waals surface area contributed by atoms with E-state index in [4.69, 9.17) is 5.11 Å². The summed E-state index contributed by atoms with van der Waals surface area (Å²) in [6.45, 7) is -0.576. The second-order valence-corrected chi connectivity index (χ2v) is 5.94. The van der Waals surface area contributed by atoms with Crippen LogP contribution in [0.15, 0.2) is 22.7 Å². The summed E-state index contributed by atoms with van der Waals surface area (Å²) < 4.78 is 52.9. The van der Waals surface area contributed by atoms with Gasteiger partial charge in [0.15, 0.2) is 5.41 Å². The van der Waals surface area contributed by atoms with Gasteiger partial charge in [-0.1, -0.05) is 15.9 Å². The number of hydrogen-bond acceptors (Lipinski definition) is 2. The van der Waals surface area contributed by atoms with Crippen LogP contribution in [0.1, 0.15) is 12.0 Å². The fourth-order valence-electron chi connectivity index (χ4n) is 2.46. The summed E-state index contributed by atoms with van der Waals surface area (Å²) in [6.07, 6.45) is -5.31. The lowest BCUT2D eigenvalue weighted by Gasteiger charge is -2.27. The summed E-state index contributed by atoms with van der Waals surface area (Å²) in [6, 6.07) is 3.92. The van der Waals surface area contributed by atoms with Crippen molar-refractivity contribution in [1.29, 1.82) is 0 Å². The van der Waals surface area contributed by atoms with Crippen molar-refractivity contribution in [3.8, 4) is 0 Å². The van der Waals surface area contributed by atoms with Gasteiger partial charge in [-0.2, -0.15) is 13.2 Å². The van der Waals surface area contributed by atoms with Gasteiger partial charge in [-0.05, 0) is 30.2 Å². The van der Waals surface area contributed by atoms with Crippen LogP contribution in [0.5, 0.6) is 0 Å². The summed E-state index contributed by atoms with van der Waals surface area (Å²) in [7, 11) is 0. The molecule has 1 N–H and O–H groups in total. The summed E-state index contributed by atoms with van der Waals surface area (Å²) in [4.78, 5) is 12.4. The second-order valence-electron chi connectivity index (χ2n) is 5.08. The van der Waals surface area contributed by atoms with Gasteiger partial charge in [-0.15, -0.1) is 0 Å². The van der Waals surface area contributed by atoms with Gasteiger partial charge in [0.1, 0.15) is 5.82 Å². The minimum Gasteiger partial charge on any atom is -0.481 e. The highest BCUT2D eigenvalue weighted by Crippen LogP contribution is 2.46. The predicted molar refractivity (Wildman–Crippen MR) is 70.1 cm³/mol. The predicted octanol–water partition coefficient (Wildman–Crippen LogP) is 3.43. The number of hydrogen-bond donors (Lipinski definition) is 1. The average Bonchev–Trinajstić information content (AvgIpc) is 2.79. The Morgan fingerprint density at radius 1 is 1.43 bits per heavy atom. The van der Waals surface area contributed by atoms with Crippen LogP contribution in [-0.4, -0.2) is 35.2 Å². The van der Waals surface area contributed by atoms with Gasteiger partial charge in [0, 0.05) is 24.1 Å². The first kappa shape index (κ1) is 16.2. The van der Waals surface area contributed by atoms with Gasteiger partial charge in [0.25, 0.3) is 0 Å². The molecule has 0 bridgehead atoms. The topological polar surface area (TPSA) is 40.5 Å². The third kappa shape index (κ3) is 3.06. The third-order valence-electron chi connectivity index (χ3n) is 3.70. The molecule has 1 aromatic carbocycles. The lowest BCUT2D eigenvalue weighted by Crippen LogP contribution is -2.47. The molecule has 1 atom stereocenters. The van der Waals surface area contributed by atoms with E-state index in [2.05, 4.69) is 15.9 Å². The number of carbonyl (C=O) groups is 1.